The number of benzene rings is 2. The molecule has 0 aliphatic carbocycles. The van der Waals surface area contributed by atoms with E-state index < -0.39 is 11.9 Å². The Bertz CT molecular complexity index is 981. The molecular formula is C30H40O5. The van der Waals surface area contributed by atoms with Crippen LogP contribution in [0.2, 0.25) is 0 Å². The Hall–Kier alpha value is -3.08. The summed E-state index contributed by atoms with van der Waals surface area (Å²) < 4.78 is 32.7. The Kier molecular flexibility index (Phi) is 11.8. The van der Waals surface area contributed by atoms with Crippen molar-refractivity contribution in [2.24, 2.45) is 5.92 Å². The summed E-state index contributed by atoms with van der Waals surface area (Å²) >= 11 is 0. The molecular weight excluding hydrogens is 440 g/mol. The number of carbonyl (C=O) groups is 2. The molecule has 0 aliphatic heterocycles. The van der Waals surface area contributed by atoms with Crippen LogP contribution in [-0.4, -0.2) is 25.2 Å². The molecule has 0 amide bonds. The molecule has 1 unspecified atom stereocenters. The summed E-state index contributed by atoms with van der Waals surface area (Å²) in [6.45, 7) is 8.63. The van der Waals surface area contributed by atoms with Crippen LogP contribution in [-0.2, 0) is 4.74 Å². The maximum Gasteiger partial charge on any atom is 0.343 e. The van der Waals surface area contributed by atoms with Crippen LogP contribution in [0.25, 0.3) is 0 Å². The molecule has 1 atom stereocenters. The van der Waals surface area contributed by atoms with E-state index in [1.54, 1.807) is 0 Å². The quantitative estimate of drug-likeness (QED) is 0.0996. The van der Waals surface area contributed by atoms with Crippen LogP contribution in [0, 0.1) is 5.92 Å². The Morgan fingerprint density at radius 1 is 0.886 bits per heavy atom. The Balaban J connectivity index is 1.81. The van der Waals surface area contributed by atoms with E-state index in [9.17, 15) is 9.59 Å². The summed E-state index contributed by atoms with van der Waals surface area (Å²) in [5, 5.41) is 0. The molecule has 0 heterocycles. The summed E-state index contributed by atoms with van der Waals surface area (Å²) in [6.07, 6.45) is 12.0. The first-order chi connectivity index (χ1) is 17.8. The number of allylic oxidation sites excluding steroid dienone is 1. The van der Waals surface area contributed by atoms with Crippen LogP contribution in [0.15, 0.2) is 61.1 Å². The maximum absolute atomic E-state index is 12.6. The van der Waals surface area contributed by atoms with Gasteiger partial charge in [0.2, 0.25) is 0 Å². The fourth-order valence-corrected chi connectivity index (χ4v) is 3.27. The first-order valence-corrected chi connectivity index (χ1v) is 12.7. The average molecular weight is 483 g/mol. The minimum Gasteiger partial charge on any atom is -0.494 e. The van der Waals surface area contributed by atoms with Gasteiger partial charge in [0.25, 0.3) is 0 Å². The number of carbonyl (C=O) groups excluding carboxylic acids is 2. The average Bonchev–Trinajstić information content (AvgIpc) is 2.88. The Morgan fingerprint density at radius 3 is 2.14 bits per heavy atom. The standard InChI is InChI=1S/C30H40O5/c1-4-6-7-8-9-10-11-12-13-22-33-27-18-14-26(15-19-27)30(32)35-28-20-16-25(17-21-28)29(31)34-23-24(3)5-2/h4,14-21,24H,1,5-13,22-23H2,2-3H3/i14D,15D. The number of hydrogen-bond acceptors (Lipinski definition) is 5. The van der Waals surface area contributed by atoms with Crippen molar-refractivity contribution in [2.75, 3.05) is 13.2 Å². The minimum atomic E-state index is -0.804. The van der Waals surface area contributed by atoms with Crippen molar-refractivity contribution >= 4 is 11.9 Å². The SMILES string of the molecule is [2H]c1cc(OCCCCCCCCCC=C)cc([2H])c1C(=O)Oc1ccc(C(=O)OCC(C)CC)cc1. The van der Waals surface area contributed by atoms with Crippen molar-refractivity contribution in [3.05, 3.63) is 72.3 Å². The number of hydrogen-bond donors (Lipinski definition) is 0. The van der Waals surface area contributed by atoms with Gasteiger partial charge in [-0.3, -0.25) is 0 Å². The third-order valence-electron chi connectivity index (χ3n) is 5.74. The monoisotopic (exact) mass is 482 g/mol. The van der Waals surface area contributed by atoms with Crippen molar-refractivity contribution in [3.63, 3.8) is 0 Å². The van der Waals surface area contributed by atoms with Gasteiger partial charge in [-0.15, -0.1) is 6.58 Å². The smallest absolute Gasteiger partial charge is 0.343 e. The van der Waals surface area contributed by atoms with Crippen LogP contribution >= 0.6 is 0 Å². The molecule has 0 spiro atoms. The molecule has 2 aromatic rings. The Labute approximate surface area is 213 Å². The second kappa shape index (κ2) is 16.5. The van der Waals surface area contributed by atoms with Gasteiger partial charge in [-0.25, -0.2) is 9.59 Å². The van der Waals surface area contributed by atoms with Crippen LogP contribution in [0.5, 0.6) is 11.5 Å². The van der Waals surface area contributed by atoms with Gasteiger partial charge >= 0.3 is 11.9 Å². The molecule has 2 aromatic carbocycles. The number of rotatable bonds is 17. The van der Waals surface area contributed by atoms with E-state index >= 15 is 0 Å². The highest BCUT2D eigenvalue weighted by Gasteiger charge is 2.12. The van der Waals surface area contributed by atoms with Gasteiger partial charge in [0.05, 0.1) is 27.1 Å². The van der Waals surface area contributed by atoms with E-state index in [0.29, 0.717) is 24.5 Å². The highest BCUT2D eigenvalue weighted by Crippen LogP contribution is 2.18. The molecule has 0 radical (unpaired) electrons. The van der Waals surface area contributed by atoms with Gasteiger partial charge in [-0.05, 0) is 73.7 Å². The summed E-state index contributed by atoms with van der Waals surface area (Å²) in [6, 6.07) is 8.63. The lowest BCUT2D eigenvalue weighted by Gasteiger charge is -2.10. The first-order valence-electron chi connectivity index (χ1n) is 13.7. The molecule has 5 nitrogen and oxygen atoms in total. The van der Waals surface area contributed by atoms with E-state index in [0.717, 1.165) is 32.1 Å². The van der Waals surface area contributed by atoms with Crippen molar-refractivity contribution in [3.8, 4) is 11.5 Å². The van der Waals surface area contributed by atoms with Crippen molar-refractivity contribution in [1.82, 2.24) is 0 Å². The normalized spacial score (nSPS) is 12.3. The molecule has 190 valence electrons. The van der Waals surface area contributed by atoms with Crippen molar-refractivity contribution in [1.29, 1.82) is 0 Å². The van der Waals surface area contributed by atoms with Gasteiger partial charge in [0.15, 0.2) is 0 Å². The van der Waals surface area contributed by atoms with E-state index in [4.69, 9.17) is 17.0 Å². The summed E-state index contributed by atoms with van der Waals surface area (Å²) in [5.41, 5.74) is 0.219. The molecule has 0 aromatic heterocycles. The molecule has 0 fully saturated rings. The summed E-state index contributed by atoms with van der Waals surface area (Å²) in [5.74, 6) is -0.345. The number of ether oxygens (including phenoxy) is 3. The van der Waals surface area contributed by atoms with Crippen LogP contribution in [0.3, 0.4) is 0 Å². The van der Waals surface area contributed by atoms with Gasteiger partial charge in [0, 0.05) is 0 Å². The van der Waals surface area contributed by atoms with E-state index in [-0.39, 0.29) is 29.3 Å². The van der Waals surface area contributed by atoms with Gasteiger partial charge in [0.1, 0.15) is 11.5 Å². The van der Waals surface area contributed by atoms with Gasteiger partial charge in [-0.1, -0.05) is 58.4 Å². The van der Waals surface area contributed by atoms with Gasteiger partial charge < -0.3 is 14.2 Å². The molecule has 0 saturated heterocycles. The van der Waals surface area contributed by atoms with E-state index in [2.05, 4.69) is 6.58 Å². The second-order valence-corrected chi connectivity index (χ2v) is 8.78. The second-order valence-electron chi connectivity index (χ2n) is 8.78. The number of esters is 2. The zero-order valence-electron chi connectivity index (χ0n) is 23.1. The zero-order chi connectivity index (χ0) is 27.0. The summed E-state index contributed by atoms with van der Waals surface area (Å²) in [4.78, 5) is 24.8. The fraction of sp³-hybridized carbons (Fsp3) is 0.467. The lowest BCUT2D eigenvalue weighted by Crippen LogP contribution is -2.12. The molecule has 5 heteroatoms. The van der Waals surface area contributed by atoms with Crippen LogP contribution in [0.1, 0.15) is 95.1 Å². The highest BCUT2D eigenvalue weighted by molar-refractivity contribution is 5.92. The fourth-order valence-electron chi connectivity index (χ4n) is 3.27. The minimum absolute atomic E-state index is 0.128. The predicted molar refractivity (Wildman–Crippen MR) is 140 cm³/mol. The largest absolute Gasteiger partial charge is 0.494 e. The Morgan fingerprint density at radius 2 is 1.51 bits per heavy atom. The van der Waals surface area contributed by atoms with Crippen LogP contribution in [0.4, 0.5) is 0 Å². The molecule has 0 aliphatic rings. The summed E-state index contributed by atoms with van der Waals surface area (Å²) in [7, 11) is 0. The maximum atomic E-state index is 12.6. The van der Waals surface area contributed by atoms with E-state index in [1.807, 2.05) is 19.9 Å². The first kappa shape index (κ1) is 25.0. The van der Waals surface area contributed by atoms with Crippen molar-refractivity contribution < 1.29 is 26.5 Å². The van der Waals surface area contributed by atoms with Crippen molar-refractivity contribution in [2.45, 2.75) is 71.6 Å². The predicted octanol–water partition coefficient (Wildman–Crippen LogP) is 7.79. The lowest BCUT2D eigenvalue weighted by atomic mass is 10.1. The third-order valence-corrected chi connectivity index (χ3v) is 5.74. The lowest BCUT2D eigenvalue weighted by molar-refractivity contribution is 0.0447. The number of unbranched alkanes of at least 4 members (excludes halogenated alkanes) is 7. The molecule has 0 N–H and O–H groups in total. The van der Waals surface area contributed by atoms with Crippen LogP contribution < -0.4 is 9.47 Å². The molecule has 2 rings (SSSR count). The highest BCUT2D eigenvalue weighted by atomic mass is 16.5. The molecule has 0 bridgehead atoms. The molecule has 0 saturated carbocycles. The van der Waals surface area contributed by atoms with Gasteiger partial charge in [-0.2, -0.15) is 0 Å². The third kappa shape index (κ3) is 11.3. The molecule has 35 heavy (non-hydrogen) atoms. The topological polar surface area (TPSA) is 61.8 Å². The van der Waals surface area contributed by atoms with E-state index in [1.165, 1.54) is 62.1 Å². The zero-order valence-corrected chi connectivity index (χ0v) is 21.1.